The van der Waals surface area contributed by atoms with Gasteiger partial charge in [-0.2, -0.15) is 13.2 Å². The summed E-state index contributed by atoms with van der Waals surface area (Å²) in [5.74, 6) is -0.425. The predicted molar refractivity (Wildman–Crippen MR) is 66.8 cm³/mol. The molecule has 0 amide bonds. The average molecular weight is 291 g/mol. The van der Waals surface area contributed by atoms with E-state index in [0.29, 0.717) is 11.6 Å². The van der Waals surface area contributed by atoms with E-state index < -0.39 is 24.2 Å². The summed E-state index contributed by atoms with van der Waals surface area (Å²) in [7, 11) is 0. The molecule has 0 heterocycles. The van der Waals surface area contributed by atoms with E-state index in [2.05, 4.69) is 5.32 Å². The Morgan fingerprint density at radius 2 is 1.85 bits per heavy atom. The first-order valence-corrected chi connectivity index (χ1v) is 6.57. The molecule has 2 rings (SSSR count). The third-order valence-corrected chi connectivity index (χ3v) is 3.24. The highest BCUT2D eigenvalue weighted by Crippen LogP contribution is 2.29. The van der Waals surface area contributed by atoms with Crippen molar-refractivity contribution in [2.75, 3.05) is 6.54 Å². The fraction of sp³-hybridized carbons (Fsp3) is 0.571. The van der Waals surface area contributed by atoms with Crippen molar-refractivity contribution in [3.05, 3.63) is 35.6 Å². The highest BCUT2D eigenvalue weighted by Gasteiger charge is 2.39. The van der Waals surface area contributed by atoms with Crippen LogP contribution in [0.1, 0.15) is 31.4 Å². The van der Waals surface area contributed by atoms with Gasteiger partial charge in [0.1, 0.15) is 5.82 Å². The number of hydrogen-bond donors (Lipinski definition) is 1. The molecule has 1 N–H and O–H groups in total. The summed E-state index contributed by atoms with van der Waals surface area (Å²) >= 11 is 0. The summed E-state index contributed by atoms with van der Waals surface area (Å²) in [6.45, 7) is 1.27. The van der Waals surface area contributed by atoms with Crippen molar-refractivity contribution in [1.29, 1.82) is 0 Å². The van der Waals surface area contributed by atoms with Crippen molar-refractivity contribution in [3.63, 3.8) is 0 Å². The van der Waals surface area contributed by atoms with E-state index in [4.69, 9.17) is 4.74 Å². The molecule has 0 saturated heterocycles. The molecule has 1 aliphatic carbocycles. The molecule has 2 atom stereocenters. The van der Waals surface area contributed by atoms with Gasteiger partial charge in [-0.25, -0.2) is 4.39 Å². The molecule has 0 aromatic heterocycles. The van der Waals surface area contributed by atoms with Gasteiger partial charge in [-0.3, -0.25) is 0 Å². The number of rotatable bonds is 6. The lowest BCUT2D eigenvalue weighted by Crippen LogP contribution is -2.34. The summed E-state index contributed by atoms with van der Waals surface area (Å²) in [6, 6.07) is 5.72. The van der Waals surface area contributed by atoms with E-state index >= 15 is 0 Å². The fourth-order valence-electron chi connectivity index (χ4n) is 1.81. The first-order chi connectivity index (χ1) is 9.36. The Labute approximate surface area is 115 Å². The lowest BCUT2D eigenvalue weighted by Gasteiger charge is -2.25. The number of nitrogens with one attached hydrogen (secondary N) is 1. The van der Waals surface area contributed by atoms with E-state index in [1.807, 2.05) is 0 Å². The molecule has 0 radical (unpaired) electrons. The van der Waals surface area contributed by atoms with Gasteiger partial charge in [-0.15, -0.1) is 0 Å². The molecule has 1 aromatic carbocycles. The van der Waals surface area contributed by atoms with Crippen molar-refractivity contribution in [3.8, 4) is 0 Å². The Kier molecular flexibility index (Phi) is 4.65. The van der Waals surface area contributed by atoms with Crippen molar-refractivity contribution in [2.24, 2.45) is 0 Å². The quantitative estimate of drug-likeness (QED) is 0.809. The molecule has 112 valence electrons. The lowest BCUT2D eigenvalue weighted by atomic mass is 10.1. The molecule has 0 spiro atoms. The van der Waals surface area contributed by atoms with E-state index in [9.17, 15) is 17.6 Å². The first-order valence-electron chi connectivity index (χ1n) is 6.57. The van der Waals surface area contributed by atoms with Gasteiger partial charge in [0.15, 0.2) is 6.10 Å². The van der Waals surface area contributed by atoms with E-state index in [0.717, 1.165) is 19.8 Å². The van der Waals surface area contributed by atoms with Gasteiger partial charge in [0.25, 0.3) is 0 Å². The van der Waals surface area contributed by atoms with E-state index in [1.54, 1.807) is 0 Å². The Balaban J connectivity index is 2.04. The number of alkyl halides is 3. The molecule has 0 bridgehead atoms. The predicted octanol–water partition coefficient (Wildman–Crippen LogP) is 3.59. The van der Waals surface area contributed by atoms with Crippen LogP contribution < -0.4 is 5.32 Å². The largest absolute Gasteiger partial charge is 0.414 e. The van der Waals surface area contributed by atoms with Crippen LogP contribution in [0.5, 0.6) is 0 Å². The molecule has 20 heavy (non-hydrogen) atoms. The van der Waals surface area contributed by atoms with E-state index in [1.165, 1.54) is 24.3 Å². The SMILES string of the molecule is CC(OC(CNC1CC1)c1ccc(F)cc1)C(F)(F)F. The molecular weight excluding hydrogens is 274 g/mol. The highest BCUT2D eigenvalue weighted by atomic mass is 19.4. The van der Waals surface area contributed by atoms with Gasteiger partial charge in [-0.05, 0) is 37.5 Å². The van der Waals surface area contributed by atoms with Gasteiger partial charge in [-0.1, -0.05) is 12.1 Å². The smallest absolute Gasteiger partial charge is 0.360 e. The molecule has 1 fully saturated rings. The zero-order chi connectivity index (χ0) is 14.8. The second-order valence-electron chi connectivity index (χ2n) is 5.04. The van der Waals surface area contributed by atoms with Crippen LogP contribution in [0.4, 0.5) is 17.6 Å². The summed E-state index contributed by atoms with van der Waals surface area (Å²) in [4.78, 5) is 0. The third kappa shape index (κ3) is 4.45. The monoisotopic (exact) mass is 291 g/mol. The van der Waals surface area contributed by atoms with Crippen LogP contribution >= 0.6 is 0 Å². The molecular formula is C14H17F4NO. The van der Waals surface area contributed by atoms with Crippen molar-refractivity contribution in [1.82, 2.24) is 5.32 Å². The standard InChI is InChI=1S/C14H17F4NO/c1-9(14(16,17)18)20-13(8-19-12-6-7-12)10-2-4-11(15)5-3-10/h2-5,9,12-13,19H,6-8H2,1H3. The maximum Gasteiger partial charge on any atom is 0.414 e. The number of benzene rings is 1. The minimum absolute atomic E-state index is 0.288. The van der Waals surface area contributed by atoms with Crippen LogP contribution in [0, 0.1) is 5.82 Å². The zero-order valence-corrected chi connectivity index (χ0v) is 11.1. The average Bonchev–Trinajstić information content (AvgIpc) is 3.18. The van der Waals surface area contributed by atoms with Gasteiger partial charge < -0.3 is 10.1 Å². The third-order valence-electron chi connectivity index (χ3n) is 3.24. The molecule has 6 heteroatoms. The maximum atomic E-state index is 12.9. The Morgan fingerprint density at radius 3 is 2.35 bits per heavy atom. The minimum Gasteiger partial charge on any atom is -0.360 e. The van der Waals surface area contributed by atoms with Gasteiger partial charge in [0, 0.05) is 12.6 Å². The van der Waals surface area contributed by atoms with Crippen LogP contribution in [0.3, 0.4) is 0 Å². The Morgan fingerprint density at radius 1 is 1.25 bits per heavy atom. The molecule has 0 aliphatic heterocycles. The van der Waals surface area contributed by atoms with Crippen molar-refractivity contribution >= 4 is 0 Å². The van der Waals surface area contributed by atoms with Gasteiger partial charge >= 0.3 is 6.18 Å². The Bertz CT molecular complexity index is 428. The molecule has 1 saturated carbocycles. The van der Waals surface area contributed by atoms with E-state index in [-0.39, 0.29) is 6.54 Å². The summed E-state index contributed by atoms with van der Waals surface area (Å²) in [5.41, 5.74) is 0.538. The van der Waals surface area contributed by atoms with Gasteiger partial charge in [0.2, 0.25) is 0 Å². The van der Waals surface area contributed by atoms with Crippen LogP contribution in [-0.4, -0.2) is 24.9 Å². The first kappa shape index (κ1) is 15.3. The zero-order valence-electron chi connectivity index (χ0n) is 11.1. The van der Waals surface area contributed by atoms with Crippen molar-refractivity contribution < 1.29 is 22.3 Å². The summed E-state index contributed by atoms with van der Waals surface area (Å²) < 4.78 is 55.8. The topological polar surface area (TPSA) is 21.3 Å². The number of halogens is 4. The molecule has 1 aromatic rings. The van der Waals surface area contributed by atoms with Crippen molar-refractivity contribution in [2.45, 2.75) is 44.2 Å². The summed E-state index contributed by atoms with van der Waals surface area (Å²) in [5, 5.41) is 3.14. The second-order valence-corrected chi connectivity index (χ2v) is 5.04. The highest BCUT2D eigenvalue weighted by molar-refractivity contribution is 5.19. The lowest BCUT2D eigenvalue weighted by molar-refractivity contribution is -0.227. The van der Waals surface area contributed by atoms with Crippen LogP contribution in [0.2, 0.25) is 0 Å². The molecule has 2 unspecified atom stereocenters. The minimum atomic E-state index is -4.40. The Hall–Kier alpha value is -1.14. The maximum absolute atomic E-state index is 12.9. The fourth-order valence-corrected chi connectivity index (χ4v) is 1.81. The van der Waals surface area contributed by atoms with Crippen LogP contribution in [0.25, 0.3) is 0 Å². The number of ether oxygens (including phenoxy) is 1. The number of hydrogen-bond acceptors (Lipinski definition) is 2. The van der Waals surface area contributed by atoms with Crippen LogP contribution in [0.15, 0.2) is 24.3 Å². The normalized spacial score (nSPS) is 18.9. The second kappa shape index (κ2) is 6.10. The van der Waals surface area contributed by atoms with Crippen LogP contribution in [-0.2, 0) is 4.74 Å². The molecule has 2 nitrogen and oxygen atoms in total. The summed E-state index contributed by atoms with van der Waals surface area (Å²) in [6.07, 6.45) is -4.94. The molecule has 1 aliphatic rings. The van der Waals surface area contributed by atoms with Gasteiger partial charge in [0.05, 0.1) is 6.10 Å².